The molecule has 0 spiro atoms. The van der Waals surface area contributed by atoms with Crippen molar-refractivity contribution in [2.24, 2.45) is 0 Å². The van der Waals surface area contributed by atoms with E-state index < -0.39 is 0 Å². The van der Waals surface area contributed by atoms with Crippen LogP contribution in [0.25, 0.3) is 0 Å². The number of aromatic nitrogens is 2. The number of nitrogens with one attached hydrogen (secondary N) is 1. The second-order valence-electron chi connectivity index (χ2n) is 5.03. The average molecular weight is 288 g/mol. The van der Waals surface area contributed by atoms with Crippen molar-refractivity contribution >= 4 is 6.01 Å². The maximum atomic E-state index is 5.74. The van der Waals surface area contributed by atoms with E-state index in [9.17, 15) is 0 Å². The Morgan fingerprint density at radius 3 is 3.10 bits per heavy atom. The fourth-order valence-electron chi connectivity index (χ4n) is 2.31. The van der Waals surface area contributed by atoms with Crippen molar-refractivity contribution in [2.75, 3.05) is 24.6 Å². The van der Waals surface area contributed by atoms with Gasteiger partial charge in [0.2, 0.25) is 5.89 Å². The Morgan fingerprint density at radius 2 is 2.19 bits per heavy atom. The van der Waals surface area contributed by atoms with Gasteiger partial charge >= 0.3 is 6.01 Å². The summed E-state index contributed by atoms with van der Waals surface area (Å²) in [6, 6.07) is 8.61. The highest BCUT2D eigenvalue weighted by molar-refractivity contribution is 5.39. The summed E-state index contributed by atoms with van der Waals surface area (Å²) in [6.45, 7) is 5.76. The Morgan fingerprint density at radius 1 is 1.29 bits per heavy atom. The van der Waals surface area contributed by atoms with Crippen LogP contribution in [0.5, 0.6) is 5.75 Å². The van der Waals surface area contributed by atoms with Crippen molar-refractivity contribution in [1.82, 2.24) is 15.5 Å². The van der Waals surface area contributed by atoms with E-state index >= 15 is 0 Å². The molecule has 2 aromatic rings. The largest absolute Gasteiger partial charge is 0.491 e. The van der Waals surface area contributed by atoms with Gasteiger partial charge in [-0.3, -0.25) is 0 Å². The fourth-order valence-corrected chi connectivity index (χ4v) is 2.31. The van der Waals surface area contributed by atoms with E-state index in [0.717, 1.165) is 37.4 Å². The van der Waals surface area contributed by atoms with Crippen LogP contribution in [0, 0.1) is 0 Å². The molecule has 0 unspecified atom stereocenters. The molecule has 0 atom stereocenters. The topological polar surface area (TPSA) is 63.4 Å². The summed E-state index contributed by atoms with van der Waals surface area (Å²) in [4.78, 5) is 2.06. The first-order chi connectivity index (χ1) is 10.4. The average Bonchev–Trinajstić information content (AvgIpc) is 2.86. The summed E-state index contributed by atoms with van der Waals surface area (Å²) < 4.78 is 11.5. The summed E-state index contributed by atoms with van der Waals surface area (Å²) in [5.41, 5.74) is 1.14. The lowest BCUT2D eigenvalue weighted by Crippen LogP contribution is -2.25. The summed E-state index contributed by atoms with van der Waals surface area (Å²) in [6.07, 6.45) is 1.08. The van der Waals surface area contributed by atoms with Gasteiger partial charge in [0.1, 0.15) is 12.4 Å². The minimum absolute atomic E-state index is 0.559. The van der Waals surface area contributed by atoms with Crippen LogP contribution in [0.1, 0.15) is 24.8 Å². The summed E-state index contributed by atoms with van der Waals surface area (Å²) in [5.74, 6) is 1.56. The molecule has 0 saturated carbocycles. The molecule has 0 amide bonds. The van der Waals surface area contributed by atoms with Crippen molar-refractivity contribution in [3.05, 3.63) is 35.7 Å². The van der Waals surface area contributed by atoms with Crippen molar-refractivity contribution in [3.63, 3.8) is 0 Å². The Bertz CT molecular complexity index is 585. The number of benzene rings is 1. The number of hydrogen-bond acceptors (Lipinski definition) is 6. The van der Waals surface area contributed by atoms with Crippen LogP contribution in [-0.4, -0.2) is 29.9 Å². The van der Waals surface area contributed by atoms with Gasteiger partial charge in [0.05, 0.1) is 19.6 Å². The van der Waals surface area contributed by atoms with Crippen LogP contribution in [0.4, 0.5) is 6.01 Å². The second-order valence-corrected chi connectivity index (χ2v) is 5.03. The van der Waals surface area contributed by atoms with Crippen molar-refractivity contribution < 1.29 is 9.15 Å². The number of anilines is 1. The number of ether oxygens (including phenoxy) is 1. The Kier molecular flexibility index (Phi) is 4.35. The number of fused-ring (bicyclic) bond motifs is 1. The Balaban J connectivity index is 1.69. The van der Waals surface area contributed by atoms with E-state index in [2.05, 4.69) is 33.4 Å². The zero-order valence-corrected chi connectivity index (χ0v) is 12.2. The maximum Gasteiger partial charge on any atom is 0.318 e. The van der Waals surface area contributed by atoms with E-state index in [-0.39, 0.29) is 0 Å². The van der Waals surface area contributed by atoms with Gasteiger partial charge in [-0.15, -0.1) is 5.10 Å². The van der Waals surface area contributed by atoms with Gasteiger partial charge in [0.25, 0.3) is 0 Å². The van der Waals surface area contributed by atoms with E-state index in [1.54, 1.807) is 0 Å². The number of rotatable bonds is 5. The van der Waals surface area contributed by atoms with Gasteiger partial charge in [-0.05, 0) is 19.0 Å². The highest BCUT2D eigenvalue weighted by Crippen LogP contribution is 2.25. The van der Waals surface area contributed by atoms with E-state index in [0.29, 0.717) is 25.1 Å². The Hall–Kier alpha value is -2.08. The summed E-state index contributed by atoms with van der Waals surface area (Å²) in [7, 11) is 0. The third-order valence-corrected chi connectivity index (χ3v) is 3.38. The first-order valence-corrected chi connectivity index (χ1v) is 7.35. The van der Waals surface area contributed by atoms with Gasteiger partial charge in [0.15, 0.2) is 0 Å². The predicted molar refractivity (Wildman–Crippen MR) is 79.3 cm³/mol. The molecule has 0 radical (unpaired) electrons. The van der Waals surface area contributed by atoms with Gasteiger partial charge in [0, 0.05) is 5.56 Å². The third kappa shape index (κ3) is 3.33. The quantitative estimate of drug-likeness (QED) is 0.849. The molecule has 112 valence electrons. The van der Waals surface area contributed by atoms with Crippen LogP contribution >= 0.6 is 0 Å². The predicted octanol–water partition coefficient (Wildman–Crippen LogP) is 1.97. The van der Waals surface area contributed by atoms with Crippen LogP contribution in [0.15, 0.2) is 28.7 Å². The molecule has 0 saturated heterocycles. The SMILES string of the molecule is CCCNCc1nnc(N2CCOc3ccccc3C2)o1. The lowest BCUT2D eigenvalue weighted by Gasteiger charge is -2.16. The van der Waals surface area contributed by atoms with Crippen LogP contribution in [-0.2, 0) is 13.1 Å². The molecule has 6 heteroatoms. The molecule has 21 heavy (non-hydrogen) atoms. The molecule has 1 aliphatic heterocycles. The fraction of sp³-hybridized carbons (Fsp3) is 0.467. The number of nitrogens with zero attached hydrogens (tertiary/aromatic N) is 3. The van der Waals surface area contributed by atoms with Crippen LogP contribution in [0.3, 0.4) is 0 Å². The summed E-state index contributed by atoms with van der Waals surface area (Å²) in [5, 5.41) is 11.5. The van der Waals surface area contributed by atoms with E-state index in [4.69, 9.17) is 9.15 Å². The monoisotopic (exact) mass is 288 g/mol. The smallest absolute Gasteiger partial charge is 0.318 e. The third-order valence-electron chi connectivity index (χ3n) is 3.38. The lowest BCUT2D eigenvalue weighted by atomic mass is 10.2. The van der Waals surface area contributed by atoms with Crippen LogP contribution < -0.4 is 15.0 Å². The van der Waals surface area contributed by atoms with Gasteiger partial charge in [-0.1, -0.05) is 30.2 Å². The number of para-hydroxylation sites is 1. The molecule has 1 aromatic heterocycles. The molecule has 0 bridgehead atoms. The first-order valence-electron chi connectivity index (χ1n) is 7.35. The zero-order chi connectivity index (χ0) is 14.5. The standard InChI is InChI=1S/C15H20N4O2/c1-2-7-16-10-14-17-18-15(21-14)19-8-9-20-13-6-4-3-5-12(13)11-19/h3-6,16H,2,7-11H2,1H3. The molecular weight excluding hydrogens is 268 g/mol. The van der Waals surface area contributed by atoms with E-state index in [1.807, 2.05) is 18.2 Å². The van der Waals surface area contributed by atoms with Crippen molar-refractivity contribution in [1.29, 1.82) is 0 Å². The molecule has 0 aliphatic carbocycles. The van der Waals surface area contributed by atoms with Crippen molar-refractivity contribution in [3.8, 4) is 5.75 Å². The highest BCUT2D eigenvalue weighted by Gasteiger charge is 2.19. The molecule has 6 nitrogen and oxygen atoms in total. The zero-order valence-electron chi connectivity index (χ0n) is 12.2. The molecule has 1 N–H and O–H groups in total. The molecular formula is C15H20N4O2. The molecule has 0 fully saturated rings. The highest BCUT2D eigenvalue weighted by atomic mass is 16.5. The summed E-state index contributed by atoms with van der Waals surface area (Å²) >= 11 is 0. The minimum atomic E-state index is 0.559. The lowest BCUT2D eigenvalue weighted by molar-refractivity contribution is 0.328. The van der Waals surface area contributed by atoms with Gasteiger partial charge < -0.3 is 19.4 Å². The first kappa shape index (κ1) is 13.9. The van der Waals surface area contributed by atoms with Crippen LogP contribution in [0.2, 0.25) is 0 Å². The molecule has 1 aromatic carbocycles. The van der Waals surface area contributed by atoms with E-state index in [1.165, 1.54) is 0 Å². The number of hydrogen-bond donors (Lipinski definition) is 1. The normalized spacial score (nSPS) is 14.4. The Labute approximate surface area is 124 Å². The maximum absolute atomic E-state index is 5.74. The van der Waals surface area contributed by atoms with Crippen molar-refractivity contribution in [2.45, 2.75) is 26.4 Å². The second kappa shape index (κ2) is 6.58. The molecule has 1 aliphatic rings. The molecule has 3 rings (SSSR count). The molecule has 2 heterocycles. The minimum Gasteiger partial charge on any atom is -0.491 e. The van der Waals surface area contributed by atoms with Gasteiger partial charge in [-0.2, -0.15) is 0 Å². The van der Waals surface area contributed by atoms with Gasteiger partial charge in [-0.25, -0.2) is 0 Å².